The van der Waals surface area contributed by atoms with Crippen molar-refractivity contribution >= 4 is 27.8 Å². The van der Waals surface area contributed by atoms with Crippen molar-refractivity contribution in [3.63, 3.8) is 0 Å². The van der Waals surface area contributed by atoms with Crippen molar-refractivity contribution in [1.29, 1.82) is 0 Å². The Morgan fingerprint density at radius 3 is 2.57 bits per heavy atom. The van der Waals surface area contributed by atoms with E-state index in [0.717, 1.165) is 11.4 Å². The number of aromatic nitrogens is 2. The maximum Gasteiger partial charge on any atom is 0.333 e. The van der Waals surface area contributed by atoms with Crippen LogP contribution in [0.15, 0.2) is 51.6 Å². The lowest BCUT2D eigenvalue weighted by Crippen LogP contribution is -2.35. The number of carbonyl (C=O) groups excluding carboxylic acids is 2. The molecule has 1 amide bonds. The predicted octanol–water partition coefficient (Wildman–Crippen LogP) is 3.88. The van der Waals surface area contributed by atoms with E-state index in [2.05, 4.69) is 26.3 Å². The molecule has 0 fully saturated rings. The monoisotopic (exact) mass is 445 g/mol. The number of rotatable bonds is 6. The van der Waals surface area contributed by atoms with E-state index in [1.807, 2.05) is 37.3 Å². The Bertz CT molecular complexity index is 994. The SMILES string of the molecule is CCOC(=O)C(NC(=O)c1occc1Br)c1c(C)nn(-c2ccccc2)c1C. The van der Waals surface area contributed by atoms with Crippen molar-refractivity contribution in [3.05, 3.63) is 69.8 Å². The van der Waals surface area contributed by atoms with Crippen LogP contribution >= 0.6 is 15.9 Å². The van der Waals surface area contributed by atoms with Crippen molar-refractivity contribution < 1.29 is 18.7 Å². The first-order valence-electron chi connectivity index (χ1n) is 8.76. The molecule has 3 aromatic rings. The van der Waals surface area contributed by atoms with Gasteiger partial charge in [-0.15, -0.1) is 0 Å². The second kappa shape index (κ2) is 8.43. The maximum absolute atomic E-state index is 12.7. The molecule has 7 nitrogen and oxygen atoms in total. The molecule has 0 aliphatic carbocycles. The minimum atomic E-state index is -1.01. The van der Waals surface area contributed by atoms with Gasteiger partial charge in [-0.05, 0) is 54.9 Å². The summed E-state index contributed by atoms with van der Waals surface area (Å²) in [5.74, 6) is -1.00. The summed E-state index contributed by atoms with van der Waals surface area (Å²) in [6, 6.07) is 10.2. The molecular weight excluding hydrogens is 426 g/mol. The predicted molar refractivity (Wildman–Crippen MR) is 106 cm³/mol. The second-order valence-electron chi connectivity index (χ2n) is 6.09. The van der Waals surface area contributed by atoms with Gasteiger partial charge in [0.05, 0.1) is 28.7 Å². The summed E-state index contributed by atoms with van der Waals surface area (Å²) in [6.07, 6.45) is 1.39. The highest BCUT2D eigenvalue weighted by molar-refractivity contribution is 9.10. The zero-order valence-electron chi connectivity index (χ0n) is 15.7. The Balaban J connectivity index is 2.01. The Morgan fingerprint density at radius 2 is 1.96 bits per heavy atom. The number of ether oxygens (including phenoxy) is 1. The summed E-state index contributed by atoms with van der Waals surface area (Å²) >= 11 is 3.26. The van der Waals surface area contributed by atoms with E-state index in [9.17, 15) is 9.59 Å². The maximum atomic E-state index is 12.7. The standard InChI is InChI=1S/C20H20BrN3O4/c1-4-27-20(26)17(22-19(25)18-15(21)10-11-28-18)16-12(2)23-24(13(16)3)14-8-6-5-7-9-14/h5-11,17H,4H2,1-3H3,(H,22,25). The molecule has 2 heterocycles. The quantitative estimate of drug-likeness (QED) is 0.581. The minimum Gasteiger partial charge on any atom is -0.464 e. The molecule has 0 aliphatic heterocycles. The molecule has 0 spiro atoms. The smallest absolute Gasteiger partial charge is 0.333 e. The number of nitrogens with one attached hydrogen (secondary N) is 1. The minimum absolute atomic E-state index is 0.0834. The molecule has 0 aliphatic rings. The van der Waals surface area contributed by atoms with E-state index < -0.39 is 17.9 Å². The summed E-state index contributed by atoms with van der Waals surface area (Å²) in [6.45, 7) is 5.56. The highest BCUT2D eigenvalue weighted by atomic mass is 79.9. The molecule has 28 heavy (non-hydrogen) atoms. The van der Waals surface area contributed by atoms with Crippen LogP contribution in [-0.2, 0) is 9.53 Å². The van der Waals surface area contributed by atoms with E-state index in [1.54, 1.807) is 24.6 Å². The molecule has 1 aromatic carbocycles. The topological polar surface area (TPSA) is 86.4 Å². The number of para-hydroxylation sites is 1. The third-order valence-corrected chi connectivity index (χ3v) is 4.88. The van der Waals surface area contributed by atoms with Crippen LogP contribution in [-0.4, -0.2) is 28.3 Å². The fourth-order valence-corrected chi connectivity index (χ4v) is 3.40. The first kappa shape index (κ1) is 19.9. The van der Waals surface area contributed by atoms with Gasteiger partial charge in [0.1, 0.15) is 0 Å². The number of esters is 1. The van der Waals surface area contributed by atoms with Crippen molar-refractivity contribution in [2.75, 3.05) is 6.61 Å². The zero-order chi connectivity index (χ0) is 20.3. The fourth-order valence-electron chi connectivity index (χ4n) is 3.02. The number of nitrogens with zero attached hydrogens (tertiary/aromatic N) is 2. The van der Waals surface area contributed by atoms with E-state index in [1.165, 1.54) is 6.26 Å². The molecule has 3 rings (SSSR count). The number of benzene rings is 1. The molecule has 0 bridgehead atoms. The highest BCUT2D eigenvalue weighted by Gasteiger charge is 2.31. The number of hydrogen-bond acceptors (Lipinski definition) is 5. The largest absolute Gasteiger partial charge is 0.464 e. The lowest BCUT2D eigenvalue weighted by molar-refractivity contribution is -0.145. The van der Waals surface area contributed by atoms with Crippen LogP contribution in [0.4, 0.5) is 0 Å². The van der Waals surface area contributed by atoms with Gasteiger partial charge in [-0.3, -0.25) is 4.79 Å². The van der Waals surface area contributed by atoms with E-state index >= 15 is 0 Å². The molecule has 2 aromatic heterocycles. The van der Waals surface area contributed by atoms with Gasteiger partial charge in [0, 0.05) is 11.3 Å². The molecule has 1 atom stereocenters. The first-order chi connectivity index (χ1) is 13.4. The summed E-state index contributed by atoms with van der Waals surface area (Å²) in [7, 11) is 0. The first-order valence-corrected chi connectivity index (χ1v) is 9.55. The third kappa shape index (κ3) is 3.87. The van der Waals surface area contributed by atoms with Crippen LogP contribution < -0.4 is 5.32 Å². The number of furan rings is 1. The number of hydrogen-bond donors (Lipinski definition) is 1. The van der Waals surface area contributed by atoms with Crippen molar-refractivity contribution in [2.45, 2.75) is 26.8 Å². The van der Waals surface area contributed by atoms with E-state index in [0.29, 0.717) is 15.7 Å². The van der Waals surface area contributed by atoms with Gasteiger partial charge >= 0.3 is 5.97 Å². The van der Waals surface area contributed by atoms with Crippen molar-refractivity contribution in [2.24, 2.45) is 0 Å². The average Bonchev–Trinajstić information content (AvgIpc) is 3.24. The van der Waals surface area contributed by atoms with Crippen molar-refractivity contribution in [1.82, 2.24) is 15.1 Å². The number of aryl methyl sites for hydroxylation is 1. The molecule has 0 radical (unpaired) electrons. The normalized spacial score (nSPS) is 11.9. The van der Waals surface area contributed by atoms with Gasteiger partial charge in [0.25, 0.3) is 5.91 Å². The summed E-state index contributed by atoms with van der Waals surface area (Å²) < 4.78 is 12.6. The summed E-state index contributed by atoms with van der Waals surface area (Å²) in [4.78, 5) is 25.3. The van der Waals surface area contributed by atoms with E-state index in [4.69, 9.17) is 9.15 Å². The van der Waals surface area contributed by atoms with Crippen LogP contribution in [0.2, 0.25) is 0 Å². The Morgan fingerprint density at radius 1 is 1.25 bits per heavy atom. The van der Waals surface area contributed by atoms with Gasteiger partial charge in [0.15, 0.2) is 6.04 Å². The van der Waals surface area contributed by atoms with Crippen LogP contribution in [0.25, 0.3) is 5.69 Å². The highest BCUT2D eigenvalue weighted by Crippen LogP contribution is 2.26. The number of carbonyl (C=O) groups is 2. The van der Waals surface area contributed by atoms with Crippen molar-refractivity contribution in [3.8, 4) is 5.69 Å². The molecule has 1 unspecified atom stereocenters. The van der Waals surface area contributed by atoms with Gasteiger partial charge in [0.2, 0.25) is 5.76 Å². The Labute approximate surface area is 170 Å². The van der Waals surface area contributed by atoms with Gasteiger partial charge in [-0.25, -0.2) is 9.48 Å². The molecule has 1 N–H and O–H groups in total. The van der Waals surface area contributed by atoms with Crippen LogP contribution in [0.3, 0.4) is 0 Å². The third-order valence-electron chi connectivity index (χ3n) is 4.26. The molecular formula is C20H20BrN3O4. The van der Waals surface area contributed by atoms with Crippen LogP contribution in [0.5, 0.6) is 0 Å². The van der Waals surface area contributed by atoms with Crippen LogP contribution in [0.1, 0.15) is 40.5 Å². The van der Waals surface area contributed by atoms with Gasteiger partial charge in [-0.1, -0.05) is 18.2 Å². The Hall–Kier alpha value is -2.87. The van der Waals surface area contributed by atoms with Gasteiger partial charge < -0.3 is 14.5 Å². The lowest BCUT2D eigenvalue weighted by Gasteiger charge is -2.18. The number of amides is 1. The molecule has 0 saturated carbocycles. The summed E-state index contributed by atoms with van der Waals surface area (Å²) in [5, 5.41) is 7.27. The van der Waals surface area contributed by atoms with Gasteiger partial charge in [-0.2, -0.15) is 5.10 Å². The fraction of sp³-hybridized carbons (Fsp3) is 0.250. The lowest BCUT2D eigenvalue weighted by atomic mass is 10.0. The average molecular weight is 446 g/mol. The summed E-state index contributed by atoms with van der Waals surface area (Å²) in [5.41, 5.74) is 2.81. The zero-order valence-corrected chi connectivity index (χ0v) is 17.3. The molecule has 146 valence electrons. The molecule has 8 heteroatoms. The Kier molecular flexibility index (Phi) is 5.99. The van der Waals surface area contributed by atoms with Crippen LogP contribution in [0, 0.1) is 13.8 Å². The number of halogens is 1. The molecule has 0 saturated heterocycles. The van der Waals surface area contributed by atoms with E-state index in [-0.39, 0.29) is 12.4 Å². The second-order valence-corrected chi connectivity index (χ2v) is 6.94.